The molecule has 4 unspecified atom stereocenters. The lowest BCUT2D eigenvalue weighted by atomic mass is 9.73. The van der Waals surface area contributed by atoms with Crippen molar-refractivity contribution < 1.29 is 0 Å². The van der Waals surface area contributed by atoms with Gasteiger partial charge in [-0.25, -0.2) is 0 Å². The second kappa shape index (κ2) is 4.68. The fourth-order valence-electron chi connectivity index (χ4n) is 2.62. The van der Waals surface area contributed by atoms with Crippen molar-refractivity contribution >= 4 is 0 Å². The zero-order valence-electron chi connectivity index (χ0n) is 10.9. The molecule has 0 aromatic carbocycles. The van der Waals surface area contributed by atoms with Crippen LogP contribution in [0.3, 0.4) is 0 Å². The second-order valence-electron chi connectivity index (χ2n) is 6.02. The Morgan fingerprint density at radius 1 is 0.714 bits per heavy atom. The largest absolute Gasteiger partial charge is 0.0625 e. The predicted molar refractivity (Wildman–Crippen MR) is 64.2 cm³/mol. The normalized spacial score (nSPS) is 25.9. The Hall–Kier alpha value is 0. The van der Waals surface area contributed by atoms with Crippen LogP contribution in [0.4, 0.5) is 0 Å². The molecule has 1 aliphatic rings. The second-order valence-corrected chi connectivity index (χ2v) is 6.02. The van der Waals surface area contributed by atoms with Gasteiger partial charge in [0.25, 0.3) is 0 Å². The van der Waals surface area contributed by atoms with Crippen molar-refractivity contribution in [2.45, 2.75) is 54.4 Å². The summed E-state index contributed by atoms with van der Waals surface area (Å²) in [6, 6.07) is 0. The van der Waals surface area contributed by atoms with Crippen molar-refractivity contribution in [3.8, 4) is 0 Å². The molecule has 0 nitrogen and oxygen atoms in total. The van der Waals surface area contributed by atoms with Crippen LogP contribution < -0.4 is 0 Å². The van der Waals surface area contributed by atoms with Crippen molar-refractivity contribution in [3.05, 3.63) is 0 Å². The molecular weight excluding hydrogens is 168 g/mol. The highest BCUT2D eigenvalue weighted by molar-refractivity contribution is 4.84. The summed E-state index contributed by atoms with van der Waals surface area (Å²) >= 11 is 0. The van der Waals surface area contributed by atoms with Crippen molar-refractivity contribution in [3.63, 3.8) is 0 Å². The van der Waals surface area contributed by atoms with E-state index in [-0.39, 0.29) is 0 Å². The maximum absolute atomic E-state index is 2.46. The lowest BCUT2D eigenvalue weighted by Crippen LogP contribution is -2.26. The van der Waals surface area contributed by atoms with Crippen LogP contribution in [0.25, 0.3) is 0 Å². The van der Waals surface area contributed by atoms with Crippen LogP contribution in [0.1, 0.15) is 54.4 Å². The highest BCUT2D eigenvalue weighted by Crippen LogP contribution is 2.44. The van der Waals surface area contributed by atoms with Gasteiger partial charge in [0.15, 0.2) is 0 Å². The van der Waals surface area contributed by atoms with Crippen LogP contribution >= 0.6 is 0 Å². The molecule has 0 N–H and O–H groups in total. The Balaban J connectivity index is 2.45. The maximum Gasteiger partial charge on any atom is -0.0386 e. The summed E-state index contributed by atoms with van der Waals surface area (Å²) in [5.41, 5.74) is 0. The first-order valence-corrected chi connectivity index (χ1v) is 6.45. The fourth-order valence-corrected chi connectivity index (χ4v) is 2.62. The summed E-state index contributed by atoms with van der Waals surface area (Å²) in [6.45, 7) is 14.5. The standard InChI is InChI=1S/C14H28/c1-9(2)10(3)11(4)12(5)13(6)14-7-8-14/h9-14H,7-8H2,1-6H3. The molecule has 0 heteroatoms. The van der Waals surface area contributed by atoms with Gasteiger partial charge in [-0.2, -0.15) is 0 Å². The highest BCUT2D eigenvalue weighted by atomic mass is 14.4. The Labute approximate surface area is 90.5 Å². The van der Waals surface area contributed by atoms with Gasteiger partial charge in [-0.3, -0.25) is 0 Å². The lowest BCUT2D eigenvalue weighted by Gasteiger charge is -2.32. The van der Waals surface area contributed by atoms with E-state index in [4.69, 9.17) is 0 Å². The molecule has 0 bridgehead atoms. The van der Waals surface area contributed by atoms with Gasteiger partial charge in [0.05, 0.1) is 0 Å². The van der Waals surface area contributed by atoms with E-state index in [2.05, 4.69) is 41.5 Å². The zero-order valence-corrected chi connectivity index (χ0v) is 10.9. The molecule has 0 heterocycles. The fraction of sp³-hybridized carbons (Fsp3) is 1.00. The van der Waals surface area contributed by atoms with Gasteiger partial charge in [-0.15, -0.1) is 0 Å². The van der Waals surface area contributed by atoms with E-state index >= 15 is 0 Å². The Morgan fingerprint density at radius 3 is 1.57 bits per heavy atom. The summed E-state index contributed by atoms with van der Waals surface area (Å²) in [5, 5.41) is 0. The smallest absolute Gasteiger partial charge is 0.0386 e. The van der Waals surface area contributed by atoms with Gasteiger partial charge in [-0.05, 0) is 48.3 Å². The molecule has 0 spiro atoms. The molecule has 0 saturated heterocycles. The Kier molecular flexibility index (Phi) is 4.04. The number of hydrogen-bond acceptors (Lipinski definition) is 0. The van der Waals surface area contributed by atoms with Crippen molar-refractivity contribution in [2.75, 3.05) is 0 Å². The van der Waals surface area contributed by atoms with Gasteiger partial charge in [0.1, 0.15) is 0 Å². The molecule has 4 atom stereocenters. The van der Waals surface area contributed by atoms with Crippen molar-refractivity contribution in [1.82, 2.24) is 0 Å². The Morgan fingerprint density at radius 2 is 1.21 bits per heavy atom. The van der Waals surface area contributed by atoms with Crippen LogP contribution in [0.5, 0.6) is 0 Å². The molecule has 0 aromatic heterocycles. The van der Waals surface area contributed by atoms with Crippen LogP contribution in [-0.2, 0) is 0 Å². The first kappa shape index (κ1) is 12.1. The third-order valence-electron chi connectivity index (χ3n) is 4.91. The van der Waals surface area contributed by atoms with E-state index in [0.717, 1.165) is 35.5 Å². The molecule has 84 valence electrons. The summed E-state index contributed by atoms with van der Waals surface area (Å²) < 4.78 is 0. The van der Waals surface area contributed by atoms with Gasteiger partial charge in [-0.1, -0.05) is 41.5 Å². The first-order chi connectivity index (χ1) is 6.45. The predicted octanol–water partition coefficient (Wildman–Crippen LogP) is 4.60. The van der Waals surface area contributed by atoms with Crippen molar-refractivity contribution in [2.24, 2.45) is 35.5 Å². The highest BCUT2D eigenvalue weighted by Gasteiger charge is 2.34. The molecule has 1 aliphatic carbocycles. The maximum atomic E-state index is 2.46. The molecule has 1 rings (SSSR count). The lowest BCUT2D eigenvalue weighted by molar-refractivity contribution is 0.164. The van der Waals surface area contributed by atoms with E-state index in [1.165, 1.54) is 12.8 Å². The van der Waals surface area contributed by atoms with Crippen LogP contribution in [-0.4, -0.2) is 0 Å². The van der Waals surface area contributed by atoms with Gasteiger partial charge >= 0.3 is 0 Å². The summed E-state index contributed by atoms with van der Waals surface area (Å²) in [5.74, 6) is 5.49. The summed E-state index contributed by atoms with van der Waals surface area (Å²) in [6.07, 6.45) is 2.99. The molecule has 14 heavy (non-hydrogen) atoms. The average Bonchev–Trinajstić information content (AvgIpc) is 2.96. The minimum absolute atomic E-state index is 0.832. The zero-order chi connectivity index (χ0) is 10.9. The van der Waals surface area contributed by atoms with Gasteiger partial charge in [0, 0.05) is 0 Å². The van der Waals surface area contributed by atoms with Crippen LogP contribution in [0.2, 0.25) is 0 Å². The Bertz CT molecular complexity index is 155. The number of rotatable bonds is 5. The van der Waals surface area contributed by atoms with E-state index in [0.29, 0.717) is 0 Å². The average molecular weight is 196 g/mol. The van der Waals surface area contributed by atoms with Crippen LogP contribution in [0.15, 0.2) is 0 Å². The minimum atomic E-state index is 0.832. The molecule has 0 aromatic rings. The first-order valence-electron chi connectivity index (χ1n) is 6.45. The minimum Gasteiger partial charge on any atom is -0.0625 e. The molecular formula is C14H28. The topological polar surface area (TPSA) is 0 Å². The third-order valence-corrected chi connectivity index (χ3v) is 4.91. The molecule has 1 saturated carbocycles. The van der Waals surface area contributed by atoms with E-state index in [1.807, 2.05) is 0 Å². The molecule has 0 amide bonds. The van der Waals surface area contributed by atoms with Gasteiger partial charge in [0.2, 0.25) is 0 Å². The van der Waals surface area contributed by atoms with Gasteiger partial charge < -0.3 is 0 Å². The molecule has 0 aliphatic heterocycles. The summed E-state index contributed by atoms with van der Waals surface area (Å²) in [7, 11) is 0. The van der Waals surface area contributed by atoms with E-state index in [9.17, 15) is 0 Å². The molecule has 1 fully saturated rings. The van der Waals surface area contributed by atoms with Crippen LogP contribution in [0, 0.1) is 35.5 Å². The summed E-state index contributed by atoms with van der Waals surface area (Å²) in [4.78, 5) is 0. The molecule has 0 radical (unpaired) electrons. The monoisotopic (exact) mass is 196 g/mol. The SMILES string of the molecule is CC(C)C(C)C(C)C(C)C(C)C1CC1. The van der Waals surface area contributed by atoms with Crippen molar-refractivity contribution in [1.29, 1.82) is 0 Å². The van der Waals surface area contributed by atoms with E-state index in [1.54, 1.807) is 0 Å². The van der Waals surface area contributed by atoms with E-state index < -0.39 is 0 Å². The number of hydrogen-bond donors (Lipinski definition) is 0. The third kappa shape index (κ3) is 2.74. The quantitative estimate of drug-likeness (QED) is 0.603.